The molecule has 1 amide bonds. The topological polar surface area (TPSA) is 96.1 Å². The molecule has 2 heterocycles. The molecule has 0 unspecified atom stereocenters. The molecular formula is C19H13ClN4O3S. The third kappa shape index (κ3) is 3.12. The summed E-state index contributed by atoms with van der Waals surface area (Å²) in [5.74, 6) is -1.40. The van der Waals surface area contributed by atoms with Crippen LogP contribution in [0.5, 0.6) is 0 Å². The normalized spacial score (nSPS) is 15.0. The molecule has 0 saturated heterocycles. The van der Waals surface area contributed by atoms with Crippen molar-refractivity contribution in [2.75, 3.05) is 5.32 Å². The number of hydrogen-bond acceptors (Lipinski definition) is 5. The van der Waals surface area contributed by atoms with Crippen molar-refractivity contribution >= 4 is 46.2 Å². The molecule has 28 heavy (non-hydrogen) atoms. The molecule has 2 aromatic carbocycles. The number of aromatic carboxylic acids is 1. The minimum atomic E-state index is -1.05. The van der Waals surface area contributed by atoms with E-state index in [4.69, 9.17) is 11.6 Å². The highest BCUT2D eigenvalue weighted by Crippen LogP contribution is 2.23. The first-order valence-electron chi connectivity index (χ1n) is 8.20. The lowest BCUT2D eigenvalue weighted by atomic mass is 10.1. The SMILES string of the molecule is Cc1c(C(=O)O)s/c(=N\N=C2/C(=O)Nc3ccccc32)n1-c1ccc(Cl)cc1. The van der Waals surface area contributed by atoms with Gasteiger partial charge in [-0.2, -0.15) is 0 Å². The minimum absolute atomic E-state index is 0.144. The maximum absolute atomic E-state index is 12.2. The van der Waals surface area contributed by atoms with Gasteiger partial charge in [0.1, 0.15) is 4.88 Å². The monoisotopic (exact) mass is 412 g/mol. The minimum Gasteiger partial charge on any atom is -0.477 e. The highest BCUT2D eigenvalue weighted by molar-refractivity contribution is 7.11. The van der Waals surface area contributed by atoms with Gasteiger partial charge in [0.25, 0.3) is 5.91 Å². The summed E-state index contributed by atoms with van der Waals surface area (Å²) in [5, 5.41) is 21.1. The summed E-state index contributed by atoms with van der Waals surface area (Å²) in [6.07, 6.45) is 0. The van der Waals surface area contributed by atoms with E-state index in [9.17, 15) is 14.7 Å². The van der Waals surface area contributed by atoms with Crippen LogP contribution in [0.2, 0.25) is 5.02 Å². The second-order valence-corrected chi connectivity index (χ2v) is 7.38. The lowest BCUT2D eigenvalue weighted by Gasteiger charge is -2.06. The molecule has 0 fully saturated rings. The van der Waals surface area contributed by atoms with E-state index in [2.05, 4.69) is 15.5 Å². The van der Waals surface area contributed by atoms with Crippen molar-refractivity contribution in [3.63, 3.8) is 0 Å². The highest BCUT2D eigenvalue weighted by Gasteiger charge is 2.25. The molecule has 0 atom stereocenters. The summed E-state index contributed by atoms with van der Waals surface area (Å²) in [6, 6.07) is 14.1. The predicted molar refractivity (Wildman–Crippen MR) is 108 cm³/mol. The van der Waals surface area contributed by atoms with E-state index < -0.39 is 5.97 Å². The summed E-state index contributed by atoms with van der Waals surface area (Å²) in [4.78, 5) is 24.3. The quantitative estimate of drug-likeness (QED) is 0.645. The van der Waals surface area contributed by atoms with Crippen LogP contribution in [-0.4, -0.2) is 27.3 Å². The fourth-order valence-electron chi connectivity index (χ4n) is 2.91. The van der Waals surface area contributed by atoms with Crippen LogP contribution in [0.25, 0.3) is 5.69 Å². The Hall–Kier alpha value is -3.23. The van der Waals surface area contributed by atoms with Gasteiger partial charge in [-0.1, -0.05) is 41.1 Å². The summed E-state index contributed by atoms with van der Waals surface area (Å²) in [6.45, 7) is 1.69. The number of nitrogens with one attached hydrogen (secondary N) is 1. The molecular weight excluding hydrogens is 400 g/mol. The van der Waals surface area contributed by atoms with Crippen LogP contribution in [0.1, 0.15) is 20.9 Å². The van der Waals surface area contributed by atoms with Crippen molar-refractivity contribution in [2.24, 2.45) is 10.2 Å². The van der Waals surface area contributed by atoms with Gasteiger partial charge in [-0.15, -0.1) is 10.2 Å². The van der Waals surface area contributed by atoms with Crippen LogP contribution >= 0.6 is 22.9 Å². The lowest BCUT2D eigenvalue weighted by Crippen LogP contribution is -2.16. The van der Waals surface area contributed by atoms with Gasteiger partial charge in [-0.05, 0) is 37.3 Å². The maximum Gasteiger partial charge on any atom is 0.347 e. The van der Waals surface area contributed by atoms with E-state index in [1.165, 1.54) is 0 Å². The Kier molecular flexibility index (Phi) is 4.58. The second kappa shape index (κ2) is 7.06. The number of carbonyl (C=O) groups excluding carboxylic acids is 1. The average Bonchev–Trinajstić information content (AvgIpc) is 3.17. The van der Waals surface area contributed by atoms with Gasteiger partial charge in [0.2, 0.25) is 4.80 Å². The number of rotatable bonds is 3. The van der Waals surface area contributed by atoms with E-state index >= 15 is 0 Å². The second-order valence-electron chi connectivity index (χ2n) is 5.96. The van der Waals surface area contributed by atoms with E-state index in [-0.39, 0.29) is 16.5 Å². The number of carboxylic acid groups (broad SMARTS) is 1. The number of aromatic nitrogens is 1. The Morgan fingerprint density at radius 3 is 2.57 bits per heavy atom. The Morgan fingerprint density at radius 2 is 1.86 bits per heavy atom. The number of thiazole rings is 1. The third-order valence-corrected chi connectivity index (χ3v) is 5.58. The highest BCUT2D eigenvalue weighted by atomic mass is 35.5. The van der Waals surface area contributed by atoms with Gasteiger partial charge >= 0.3 is 5.97 Å². The van der Waals surface area contributed by atoms with Crippen LogP contribution < -0.4 is 10.1 Å². The van der Waals surface area contributed by atoms with E-state index in [1.807, 2.05) is 6.07 Å². The summed E-state index contributed by atoms with van der Waals surface area (Å²) in [5.41, 5.74) is 2.71. The molecule has 0 bridgehead atoms. The smallest absolute Gasteiger partial charge is 0.347 e. The third-order valence-electron chi connectivity index (χ3n) is 4.21. The van der Waals surface area contributed by atoms with Gasteiger partial charge in [0, 0.05) is 22.0 Å². The van der Waals surface area contributed by atoms with E-state index in [0.29, 0.717) is 32.5 Å². The van der Waals surface area contributed by atoms with Gasteiger partial charge in [0.15, 0.2) is 5.71 Å². The molecule has 7 nitrogen and oxygen atoms in total. The molecule has 2 N–H and O–H groups in total. The molecule has 1 aromatic heterocycles. The van der Waals surface area contributed by atoms with Gasteiger partial charge in [-0.25, -0.2) is 4.79 Å². The Balaban J connectivity index is 1.90. The number of para-hydroxylation sites is 1. The first-order chi connectivity index (χ1) is 13.5. The number of hydrogen-bond donors (Lipinski definition) is 2. The fraction of sp³-hybridized carbons (Fsp3) is 0.0526. The molecule has 3 aromatic rings. The first kappa shape index (κ1) is 18.1. The number of halogens is 1. The van der Waals surface area contributed by atoms with Crippen molar-refractivity contribution in [1.29, 1.82) is 0 Å². The molecule has 4 rings (SSSR count). The number of fused-ring (bicyclic) bond motifs is 1. The molecule has 0 spiro atoms. The summed E-state index contributed by atoms with van der Waals surface area (Å²) < 4.78 is 1.67. The van der Waals surface area contributed by atoms with Crippen LogP contribution in [0, 0.1) is 6.92 Å². The number of carbonyl (C=O) groups is 2. The maximum atomic E-state index is 12.2. The van der Waals surface area contributed by atoms with Gasteiger partial charge in [-0.3, -0.25) is 9.36 Å². The molecule has 1 aliphatic rings. The first-order valence-corrected chi connectivity index (χ1v) is 9.39. The van der Waals surface area contributed by atoms with Crippen molar-refractivity contribution in [3.8, 4) is 5.69 Å². The van der Waals surface area contributed by atoms with Crippen molar-refractivity contribution in [3.05, 3.63) is 74.5 Å². The molecule has 0 saturated carbocycles. The van der Waals surface area contributed by atoms with Crippen molar-refractivity contribution in [2.45, 2.75) is 6.92 Å². The Bertz CT molecular complexity index is 1210. The molecule has 1 aliphatic heterocycles. The predicted octanol–water partition coefficient (Wildman–Crippen LogP) is 3.46. The fourth-order valence-corrected chi connectivity index (χ4v) is 3.96. The number of amides is 1. The largest absolute Gasteiger partial charge is 0.477 e. The zero-order valence-electron chi connectivity index (χ0n) is 14.5. The Labute approximate surface area is 168 Å². The number of carboxylic acids is 1. The van der Waals surface area contributed by atoms with E-state index in [1.54, 1.807) is 54.0 Å². The zero-order chi connectivity index (χ0) is 19.8. The molecule has 0 radical (unpaired) electrons. The van der Waals surface area contributed by atoms with Crippen molar-refractivity contribution < 1.29 is 14.7 Å². The number of benzene rings is 2. The summed E-state index contributed by atoms with van der Waals surface area (Å²) >= 11 is 6.94. The van der Waals surface area contributed by atoms with Gasteiger partial charge in [0.05, 0.1) is 5.69 Å². The summed E-state index contributed by atoms with van der Waals surface area (Å²) in [7, 11) is 0. The number of nitrogens with zero attached hydrogens (tertiary/aromatic N) is 3. The standard InChI is InChI=1S/C19H13ClN4O3S/c1-10-16(18(26)27)28-19(24(10)12-8-6-11(20)7-9-12)23-22-15-13-4-2-3-5-14(13)21-17(15)25/h2-9H,1H3,(H,26,27)(H,21,22,25)/b23-19-. The Morgan fingerprint density at radius 1 is 1.14 bits per heavy atom. The van der Waals surface area contributed by atoms with Crippen LogP contribution in [0.15, 0.2) is 58.7 Å². The van der Waals surface area contributed by atoms with Crippen LogP contribution in [-0.2, 0) is 4.79 Å². The van der Waals surface area contributed by atoms with E-state index in [0.717, 1.165) is 11.3 Å². The number of anilines is 1. The molecule has 9 heteroatoms. The zero-order valence-corrected chi connectivity index (χ0v) is 16.1. The van der Waals surface area contributed by atoms with Crippen molar-refractivity contribution in [1.82, 2.24) is 4.57 Å². The van der Waals surface area contributed by atoms with Gasteiger partial charge < -0.3 is 10.4 Å². The average molecular weight is 413 g/mol. The lowest BCUT2D eigenvalue weighted by molar-refractivity contribution is -0.110. The molecule has 0 aliphatic carbocycles. The molecule has 140 valence electrons. The van der Waals surface area contributed by atoms with Crippen LogP contribution in [0.3, 0.4) is 0 Å². The van der Waals surface area contributed by atoms with Crippen LogP contribution in [0.4, 0.5) is 5.69 Å².